The van der Waals surface area contributed by atoms with Gasteiger partial charge in [-0.1, -0.05) is 42.1 Å². The van der Waals surface area contributed by atoms with Crippen LogP contribution >= 0.6 is 11.8 Å². The molecule has 0 aliphatic heterocycles. The molecule has 0 radical (unpaired) electrons. The first-order valence-electron chi connectivity index (χ1n) is 8.34. The topological polar surface area (TPSA) is 70.2 Å². The van der Waals surface area contributed by atoms with Gasteiger partial charge in [0.25, 0.3) is 0 Å². The van der Waals surface area contributed by atoms with Gasteiger partial charge in [0.15, 0.2) is 16.7 Å². The summed E-state index contributed by atoms with van der Waals surface area (Å²) in [7, 11) is 3.50. The van der Waals surface area contributed by atoms with Crippen molar-refractivity contribution in [3.63, 3.8) is 0 Å². The summed E-state index contributed by atoms with van der Waals surface area (Å²) in [5.74, 6) is 1.97. The van der Waals surface area contributed by atoms with E-state index in [-0.39, 0.29) is 11.5 Å². The van der Waals surface area contributed by atoms with Crippen molar-refractivity contribution >= 4 is 28.5 Å². The minimum Gasteiger partial charge on any atom is -0.497 e. The fourth-order valence-electron chi connectivity index (χ4n) is 2.77. The molecule has 2 heterocycles. The SMILES string of the molecule is COc1cccc(-c2nnc(SCC(=O)c3cc4ccccc4o3)n2C)c1. The molecule has 0 unspecified atom stereocenters. The molecule has 0 bridgehead atoms. The number of Topliss-reactive ketones (excluding diaryl/α,β-unsaturated/α-hetero) is 1. The summed E-state index contributed by atoms with van der Waals surface area (Å²) < 4.78 is 12.8. The summed E-state index contributed by atoms with van der Waals surface area (Å²) in [6, 6.07) is 17.0. The van der Waals surface area contributed by atoms with Crippen LogP contribution in [-0.4, -0.2) is 33.4 Å². The van der Waals surface area contributed by atoms with Crippen LogP contribution in [0.4, 0.5) is 0 Å². The smallest absolute Gasteiger partial charge is 0.208 e. The molecule has 27 heavy (non-hydrogen) atoms. The van der Waals surface area contributed by atoms with Crippen molar-refractivity contribution in [2.75, 3.05) is 12.9 Å². The Balaban J connectivity index is 1.50. The van der Waals surface area contributed by atoms with Gasteiger partial charge >= 0.3 is 0 Å². The first-order valence-corrected chi connectivity index (χ1v) is 9.32. The van der Waals surface area contributed by atoms with Gasteiger partial charge in [-0.05, 0) is 24.3 Å². The highest BCUT2D eigenvalue weighted by molar-refractivity contribution is 7.99. The zero-order valence-electron chi connectivity index (χ0n) is 14.9. The van der Waals surface area contributed by atoms with Crippen LogP contribution in [0.25, 0.3) is 22.4 Å². The molecule has 0 aliphatic carbocycles. The van der Waals surface area contributed by atoms with E-state index < -0.39 is 0 Å². The molecule has 4 aromatic rings. The van der Waals surface area contributed by atoms with Gasteiger partial charge in [0.2, 0.25) is 5.78 Å². The predicted molar refractivity (Wildman–Crippen MR) is 104 cm³/mol. The number of aromatic nitrogens is 3. The number of benzene rings is 2. The molecule has 0 saturated carbocycles. The summed E-state index contributed by atoms with van der Waals surface area (Å²) in [5, 5.41) is 10.0. The second-order valence-corrected chi connectivity index (χ2v) is 6.90. The molecule has 7 heteroatoms. The van der Waals surface area contributed by atoms with Crippen LogP contribution in [0.1, 0.15) is 10.6 Å². The zero-order chi connectivity index (χ0) is 18.8. The number of carbonyl (C=O) groups excluding carboxylic acids is 1. The third-order valence-electron chi connectivity index (χ3n) is 4.20. The normalized spacial score (nSPS) is 11.0. The lowest BCUT2D eigenvalue weighted by Crippen LogP contribution is -2.02. The highest BCUT2D eigenvalue weighted by atomic mass is 32.2. The maximum absolute atomic E-state index is 12.5. The summed E-state index contributed by atoms with van der Waals surface area (Å²) in [6.07, 6.45) is 0. The Bertz CT molecular complexity index is 1080. The number of ketones is 1. The Morgan fingerprint density at radius 2 is 2.00 bits per heavy atom. The second-order valence-electron chi connectivity index (χ2n) is 5.96. The number of thioether (sulfide) groups is 1. The largest absolute Gasteiger partial charge is 0.497 e. The summed E-state index contributed by atoms with van der Waals surface area (Å²) >= 11 is 1.33. The van der Waals surface area contributed by atoms with Crippen LogP contribution in [0.2, 0.25) is 0 Å². The maximum atomic E-state index is 12.5. The first kappa shape index (κ1) is 17.4. The highest BCUT2D eigenvalue weighted by Gasteiger charge is 2.16. The third-order valence-corrected chi connectivity index (χ3v) is 5.22. The van der Waals surface area contributed by atoms with E-state index in [1.807, 2.05) is 60.1 Å². The Hall–Kier alpha value is -3.06. The van der Waals surface area contributed by atoms with E-state index in [0.717, 1.165) is 16.7 Å². The predicted octanol–water partition coefficient (Wildman–Crippen LogP) is 4.21. The van der Waals surface area contributed by atoms with Crippen molar-refractivity contribution in [2.45, 2.75) is 5.16 Å². The molecule has 4 rings (SSSR count). The van der Waals surface area contributed by atoms with Gasteiger partial charge in [-0.15, -0.1) is 10.2 Å². The maximum Gasteiger partial charge on any atom is 0.208 e. The number of hydrogen-bond donors (Lipinski definition) is 0. The Morgan fingerprint density at radius 1 is 1.15 bits per heavy atom. The fraction of sp³-hybridized carbons (Fsp3) is 0.150. The summed E-state index contributed by atoms with van der Waals surface area (Å²) in [4.78, 5) is 12.5. The van der Waals surface area contributed by atoms with Crippen molar-refractivity contribution in [3.05, 3.63) is 60.4 Å². The van der Waals surface area contributed by atoms with Gasteiger partial charge < -0.3 is 13.7 Å². The van der Waals surface area contributed by atoms with Gasteiger partial charge in [-0.2, -0.15) is 0 Å². The van der Waals surface area contributed by atoms with Crippen LogP contribution in [0.5, 0.6) is 5.75 Å². The molecular weight excluding hydrogens is 362 g/mol. The second kappa shape index (κ2) is 7.28. The number of para-hydroxylation sites is 1. The molecule has 0 atom stereocenters. The van der Waals surface area contributed by atoms with E-state index in [1.165, 1.54) is 11.8 Å². The van der Waals surface area contributed by atoms with Gasteiger partial charge in [0, 0.05) is 18.0 Å². The highest BCUT2D eigenvalue weighted by Crippen LogP contribution is 2.26. The molecule has 0 amide bonds. The standard InChI is InChI=1S/C20H17N3O3S/c1-23-19(14-7-5-8-15(10-14)25-2)21-22-20(23)27-12-16(24)18-11-13-6-3-4-9-17(13)26-18/h3-11H,12H2,1-2H3. The fourth-order valence-corrected chi connectivity index (χ4v) is 3.56. The van der Waals surface area contributed by atoms with Crippen LogP contribution in [0, 0.1) is 0 Å². The lowest BCUT2D eigenvalue weighted by Gasteiger charge is -2.05. The van der Waals surface area contributed by atoms with Crippen molar-refractivity contribution in [3.8, 4) is 17.1 Å². The summed E-state index contributed by atoms with van der Waals surface area (Å²) in [5.41, 5.74) is 1.62. The Labute approximate surface area is 160 Å². The number of carbonyl (C=O) groups is 1. The van der Waals surface area contributed by atoms with Gasteiger partial charge in [-0.3, -0.25) is 4.79 Å². The van der Waals surface area contributed by atoms with E-state index in [9.17, 15) is 4.79 Å². The van der Waals surface area contributed by atoms with Crippen molar-refractivity contribution < 1.29 is 13.9 Å². The summed E-state index contributed by atoms with van der Waals surface area (Å²) in [6.45, 7) is 0. The average Bonchev–Trinajstić information content (AvgIpc) is 3.29. The zero-order valence-corrected chi connectivity index (χ0v) is 15.7. The van der Waals surface area contributed by atoms with Crippen LogP contribution < -0.4 is 4.74 Å². The van der Waals surface area contributed by atoms with Gasteiger partial charge in [0.1, 0.15) is 11.3 Å². The molecule has 2 aromatic carbocycles. The van der Waals surface area contributed by atoms with Gasteiger partial charge in [0.05, 0.1) is 12.9 Å². The molecule has 2 aromatic heterocycles. The monoisotopic (exact) mass is 379 g/mol. The minimum atomic E-state index is -0.0814. The number of furan rings is 1. The Morgan fingerprint density at radius 3 is 2.81 bits per heavy atom. The number of fused-ring (bicyclic) bond motifs is 1. The van der Waals surface area contributed by atoms with E-state index >= 15 is 0 Å². The quantitative estimate of drug-likeness (QED) is 0.369. The van der Waals surface area contributed by atoms with E-state index in [0.29, 0.717) is 22.3 Å². The van der Waals surface area contributed by atoms with Crippen LogP contribution in [0.3, 0.4) is 0 Å². The molecule has 0 spiro atoms. The third kappa shape index (κ3) is 3.46. The molecule has 0 aliphatic rings. The van der Waals surface area contributed by atoms with Crippen LogP contribution in [0.15, 0.2) is 64.2 Å². The van der Waals surface area contributed by atoms with E-state index in [2.05, 4.69) is 10.2 Å². The lowest BCUT2D eigenvalue weighted by atomic mass is 10.2. The van der Waals surface area contributed by atoms with Crippen molar-refractivity contribution in [1.29, 1.82) is 0 Å². The number of ether oxygens (including phenoxy) is 1. The Kier molecular flexibility index (Phi) is 4.68. The number of hydrogen-bond acceptors (Lipinski definition) is 6. The molecule has 136 valence electrons. The number of methoxy groups -OCH3 is 1. The lowest BCUT2D eigenvalue weighted by molar-refractivity contribution is 0.0994. The van der Waals surface area contributed by atoms with E-state index in [4.69, 9.17) is 9.15 Å². The van der Waals surface area contributed by atoms with Gasteiger partial charge in [-0.25, -0.2) is 0 Å². The van der Waals surface area contributed by atoms with Crippen LogP contribution in [-0.2, 0) is 7.05 Å². The molecule has 0 saturated heterocycles. The molecule has 0 fully saturated rings. The first-order chi connectivity index (χ1) is 13.2. The van der Waals surface area contributed by atoms with E-state index in [1.54, 1.807) is 13.2 Å². The average molecular weight is 379 g/mol. The molecule has 0 N–H and O–H groups in total. The molecule has 6 nitrogen and oxygen atoms in total. The number of nitrogens with zero attached hydrogens (tertiary/aromatic N) is 3. The van der Waals surface area contributed by atoms with Crippen molar-refractivity contribution in [1.82, 2.24) is 14.8 Å². The minimum absolute atomic E-state index is 0.0814. The van der Waals surface area contributed by atoms with Crippen molar-refractivity contribution in [2.24, 2.45) is 7.05 Å². The number of rotatable bonds is 6. The molecular formula is C20H17N3O3S.